The highest BCUT2D eigenvalue weighted by Gasteiger charge is 2.27. The highest BCUT2D eigenvalue weighted by Crippen LogP contribution is 2.38. The molecule has 3 nitrogen and oxygen atoms in total. The van der Waals surface area contributed by atoms with Crippen molar-refractivity contribution in [2.24, 2.45) is 5.92 Å². The first-order valence-electron chi connectivity index (χ1n) is 7.38. The van der Waals surface area contributed by atoms with E-state index in [2.05, 4.69) is 32.2 Å². The Balaban J connectivity index is 2.18. The van der Waals surface area contributed by atoms with E-state index in [1.807, 2.05) is 0 Å². The van der Waals surface area contributed by atoms with Gasteiger partial charge in [-0.3, -0.25) is 0 Å². The lowest BCUT2D eigenvalue weighted by atomic mass is 10.0. The van der Waals surface area contributed by atoms with Crippen LogP contribution in [-0.2, 0) is 6.42 Å². The van der Waals surface area contributed by atoms with E-state index in [-0.39, 0.29) is 0 Å². The Kier molecular flexibility index (Phi) is 4.56. The summed E-state index contributed by atoms with van der Waals surface area (Å²) in [5, 5.41) is 3.32. The summed E-state index contributed by atoms with van der Waals surface area (Å²) in [6.07, 6.45) is 6.16. The largest absolute Gasteiger partial charge is 0.370 e. The molecule has 0 bridgehead atoms. The van der Waals surface area contributed by atoms with Gasteiger partial charge in [-0.15, -0.1) is 0 Å². The molecule has 3 heteroatoms. The summed E-state index contributed by atoms with van der Waals surface area (Å²) >= 11 is 0. The molecule has 0 aromatic carbocycles. The van der Waals surface area contributed by atoms with Gasteiger partial charge in [-0.2, -0.15) is 0 Å². The molecule has 100 valence electrons. The number of anilines is 1. The first kappa shape index (κ1) is 13.3. The van der Waals surface area contributed by atoms with Crippen LogP contribution in [0.1, 0.15) is 63.9 Å². The summed E-state index contributed by atoms with van der Waals surface area (Å²) in [6.45, 7) is 7.48. The fraction of sp³-hybridized carbons (Fsp3) is 0.733. The highest BCUT2D eigenvalue weighted by molar-refractivity contribution is 5.36. The van der Waals surface area contributed by atoms with Crippen LogP contribution in [0.25, 0.3) is 0 Å². The lowest BCUT2D eigenvalue weighted by molar-refractivity contribution is 0.516. The molecular formula is C15H25N3. The molecule has 1 saturated carbocycles. The summed E-state index contributed by atoms with van der Waals surface area (Å²) < 4.78 is 0. The van der Waals surface area contributed by atoms with Gasteiger partial charge < -0.3 is 5.32 Å². The number of hydrogen-bond acceptors (Lipinski definition) is 3. The van der Waals surface area contributed by atoms with Gasteiger partial charge in [0.15, 0.2) is 0 Å². The second kappa shape index (κ2) is 6.17. The number of rotatable bonds is 5. The van der Waals surface area contributed by atoms with Crippen LogP contribution in [0, 0.1) is 5.92 Å². The third kappa shape index (κ3) is 3.01. The third-order valence-electron chi connectivity index (χ3n) is 4.00. The second-order valence-electron chi connectivity index (χ2n) is 5.27. The molecule has 1 aromatic rings. The van der Waals surface area contributed by atoms with E-state index >= 15 is 0 Å². The van der Waals surface area contributed by atoms with Crippen molar-refractivity contribution in [1.82, 2.24) is 9.97 Å². The van der Waals surface area contributed by atoms with Crippen LogP contribution in [-0.4, -0.2) is 16.5 Å². The molecule has 2 unspecified atom stereocenters. The lowest BCUT2D eigenvalue weighted by Gasteiger charge is -2.12. The fourth-order valence-corrected chi connectivity index (χ4v) is 2.83. The summed E-state index contributed by atoms with van der Waals surface area (Å²) in [7, 11) is 0. The maximum Gasteiger partial charge on any atom is 0.134 e. The van der Waals surface area contributed by atoms with E-state index < -0.39 is 0 Å². The Bertz CT molecular complexity index is 389. The molecule has 1 heterocycles. The average Bonchev–Trinajstić information content (AvgIpc) is 2.87. The van der Waals surface area contributed by atoms with Gasteiger partial charge in [0.1, 0.15) is 11.6 Å². The summed E-state index contributed by atoms with van der Waals surface area (Å²) in [5.41, 5.74) is 1.16. The maximum atomic E-state index is 4.73. The number of nitrogens with zero attached hydrogens (tertiary/aromatic N) is 2. The average molecular weight is 247 g/mol. The van der Waals surface area contributed by atoms with Crippen LogP contribution in [0.3, 0.4) is 0 Å². The molecule has 1 aliphatic carbocycles. The molecule has 2 rings (SSSR count). The van der Waals surface area contributed by atoms with Crippen LogP contribution >= 0.6 is 0 Å². The van der Waals surface area contributed by atoms with Gasteiger partial charge in [0, 0.05) is 24.2 Å². The monoisotopic (exact) mass is 247 g/mol. The van der Waals surface area contributed by atoms with Gasteiger partial charge in [-0.25, -0.2) is 9.97 Å². The first-order chi connectivity index (χ1) is 8.76. The molecule has 1 N–H and O–H groups in total. The number of hydrogen-bond donors (Lipinski definition) is 1. The first-order valence-corrected chi connectivity index (χ1v) is 7.38. The summed E-state index contributed by atoms with van der Waals surface area (Å²) in [4.78, 5) is 9.43. The Morgan fingerprint density at radius 3 is 2.67 bits per heavy atom. The van der Waals surface area contributed by atoms with Crippen molar-refractivity contribution >= 4 is 5.82 Å². The maximum absolute atomic E-state index is 4.73. The third-order valence-corrected chi connectivity index (χ3v) is 4.00. The van der Waals surface area contributed by atoms with E-state index in [1.165, 1.54) is 25.7 Å². The van der Waals surface area contributed by atoms with Gasteiger partial charge in [0.2, 0.25) is 0 Å². The Hall–Kier alpha value is -1.12. The van der Waals surface area contributed by atoms with E-state index in [1.54, 1.807) is 0 Å². The van der Waals surface area contributed by atoms with Gasteiger partial charge in [-0.1, -0.05) is 20.3 Å². The van der Waals surface area contributed by atoms with Gasteiger partial charge in [-0.05, 0) is 38.5 Å². The van der Waals surface area contributed by atoms with Crippen molar-refractivity contribution in [3.05, 3.63) is 17.6 Å². The van der Waals surface area contributed by atoms with Gasteiger partial charge in [0.05, 0.1) is 0 Å². The molecule has 18 heavy (non-hydrogen) atoms. The van der Waals surface area contributed by atoms with Crippen LogP contribution in [0.2, 0.25) is 0 Å². The zero-order chi connectivity index (χ0) is 13.0. The van der Waals surface area contributed by atoms with Crippen molar-refractivity contribution in [1.29, 1.82) is 0 Å². The fourth-order valence-electron chi connectivity index (χ4n) is 2.83. The summed E-state index contributed by atoms with van der Waals surface area (Å²) in [6, 6.07) is 2.08. The number of aromatic nitrogens is 2. The van der Waals surface area contributed by atoms with Gasteiger partial charge in [0.25, 0.3) is 0 Å². The minimum absolute atomic E-state index is 0.582. The summed E-state index contributed by atoms with van der Waals surface area (Å²) in [5.74, 6) is 3.53. The zero-order valence-electron chi connectivity index (χ0n) is 11.9. The van der Waals surface area contributed by atoms with Crippen molar-refractivity contribution in [2.75, 3.05) is 11.9 Å². The van der Waals surface area contributed by atoms with Crippen molar-refractivity contribution in [3.63, 3.8) is 0 Å². The Labute approximate surface area is 110 Å². The molecular weight excluding hydrogens is 222 g/mol. The van der Waals surface area contributed by atoms with Crippen LogP contribution < -0.4 is 5.32 Å². The molecule has 0 saturated heterocycles. The molecule has 0 aliphatic heterocycles. The van der Waals surface area contributed by atoms with Crippen molar-refractivity contribution < 1.29 is 0 Å². The molecule has 0 spiro atoms. The standard InChI is InChI=1S/C15H25N3/c1-4-11-7-8-12(9-11)15-17-13(5-2)10-14(18-15)16-6-3/h10-12H,4-9H2,1-3H3,(H,16,17,18). The normalized spacial score (nSPS) is 23.3. The molecule has 2 atom stereocenters. The zero-order valence-corrected chi connectivity index (χ0v) is 11.9. The molecule has 1 aliphatic rings. The predicted octanol–water partition coefficient (Wildman–Crippen LogP) is 3.76. The van der Waals surface area contributed by atoms with Gasteiger partial charge >= 0.3 is 0 Å². The van der Waals surface area contributed by atoms with Crippen molar-refractivity contribution in [2.45, 2.75) is 58.8 Å². The Morgan fingerprint density at radius 1 is 1.22 bits per heavy atom. The van der Waals surface area contributed by atoms with E-state index in [0.29, 0.717) is 5.92 Å². The quantitative estimate of drug-likeness (QED) is 0.860. The number of nitrogens with one attached hydrogen (secondary N) is 1. The van der Waals surface area contributed by atoms with Crippen LogP contribution in [0.15, 0.2) is 6.07 Å². The molecule has 0 amide bonds. The minimum atomic E-state index is 0.582. The smallest absolute Gasteiger partial charge is 0.134 e. The predicted molar refractivity (Wildman–Crippen MR) is 75.9 cm³/mol. The van der Waals surface area contributed by atoms with Crippen LogP contribution in [0.4, 0.5) is 5.82 Å². The number of aryl methyl sites for hydroxylation is 1. The molecule has 1 fully saturated rings. The SMILES string of the molecule is CCNc1cc(CC)nc(C2CCC(CC)C2)n1. The Morgan fingerprint density at radius 2 is 2.06 bits per heavy atom. The molecule has 1 aromatic heterocycles. The van der Waals surface area contributed by atoms with Crippen molar-refractivity contribution in [3.8, 4) is 0 Å². The van der Waals surface area contributed by atoms with E-state index in [9.17, 15) is 0 Å². The van der Waals surface area contributed by atoms with E-state index in [0.717, 1.165) is 36.2 Å². The molecule has 0 radical (unpaired) electrons. The minimum Gasteiger partial charge on any atom is -0.370 e. The lowest BCUT2D eigenvalue weighted by Crippen LogP contribution is -2.08. The highest BCUT2D eigenvalue weighted by atomic mass is 15.0. The second-order valence-corrected chi connectivity index (χ2v) is 5.27. The van der Waals surface area contributed by atoms with E-state index in [4.69, 9.17) is 9.97 Å². The van der Waals surface area contributed by atoms with Crippen LogP contribution in [0.5, 0.6) is 0 Å². The topological polar surface area (TPSA) is 37.8 Å².